The van der Waals surface area contributed by atoms with E-state index in [4.69, 9.17) is 5.73 Å². The zero-order chi connectivity index (χ0) is 13.3. The summed E-state index contributed by atoms with van der Waals surface area (Å²) in [5.74, 6) is -0.821. The minimum atomic E-state index is -0.561. The van der Waals surface area contributed by atoms with Crippen LogP contribution in [0.3, 0.4) is 0 Å². The number of phenols is 1. The van der Waals surface area contributed by atoms with E-state index >= 15 is 0 Å². The molecule has 0 aromatic heterocycles. The van der Waals surface area contributed by atoms with Crippen LogP contribution in [-0.2, 0) is 0 Å². The van der Waals surface area contributed by atoms with Gasteiger partial charge in [-0.05, 0) is 24.5 Å². The molecule has 18 heavy (non-hydrogen) atoms. The number of carbonyl (C=O) groups excluding carboxylic acids is 1. The summed E-state index contributed by atoms with van der Waals surface area (Å²) in [4.78, 5) is 13.9. The molecule has 1 aliphatic rings. The molecule has 1 fully saturated rings. The van der Waals surface area contributed by atoms with Gasteiger partial charge in [0.1, 0.15) is 11.6 Å². The number of hydrogen-bond acceptors (Lipinski definition) is 3. The Labute approximate surface area is 105 Å². The van der Waals surface area contributed by atoms with Gasteiger partial charge in [0.05, 0.1) is 5.56 Å². The van der Waals surface area contributed by atoms with E-state index < -0.39 is 5.82 Å². The molecule has 98 valence electrons. The van der Waals surface area contributed by atoms with Crippen molar-refractivity contribution in [1.82, 2.24) is 4.90 Å². The highest BCUT2D eigenvalue weighted by molar-refractivity contribution is 5.97. The van der Waals surface area contributed by atoms with Crippen LogP contribution in [0.15, 0.2) is 18.2 Å². The SMILES string of the molecule is CC1CCN(C(=O)c2ccc(F)cc2O)C1CN. The fourth-order valence-corrected chi connectivity index (χ4v) is 2.46. The molecule has 0 aliphatic carbocycles. The Morgan fingerprint density at radius 3 is 2.94 bits per heavy atom. The Balaban J connectivity index is 2.26. The van der Waals surface area contributed by atoms with Gasteiger partial charge in [-0.15, -0.1) is 0 Å². The highest BCUT2D eigenvalue weighted by Crippen LogP contribution is 2.27. The minimum absolute atomic E-state index is 0.0121. The van der Waals surface area contributed by atoms with E-state index in [0.29, 0.717) is 19.0 Å². The molecule has 4 nitrogen and oxygen atoms in total. The number of halogens is 1. The van der Waals surface area contributed by atoms with E-state index in [0.717, 1.165) is 12.5 Å². The highest BCUT2D eigenvalue weighted by atomic mass is 19.1. The predicted octanol–water partition coefficient (Wildman–Crippen LogP) is 1.34. The third-order valence-corrected chi connectivity index (χ3v) is 3.58. The Bertz CT molecular complexity index is 464. The lowest BCUT2D eigenvalue weighted by Gasteiger charge is -2.26. The summed E-state index contributed by atoms with van der Waals surface area (Å²) < 4.78 is 12.9. The topological polar surface area (TPSA) is 66.6 Å². The first-order valence-electron chi connectivity index (χ1n) is 6.04. The maximum absolute atomic E-state index is 12.9. The molecule has 0 saturated carbocycles. The number of hydrogen-bond donors (Lipinski definition) is 2. The summed E-state index contributed by atoms with van der Waals surface area (Å²) in [6.07, 6.45) is 0.898. The van der Waals surface area contributed by atoms with Crippen LogP contribution in [-0.4, -0.2) is 35.0 Å². The predicted molar refractivity (Wildman–Crippen MR) is 65.7 cm³/mol. The normalized spacial score (nSPS) is 23.4. The fraction of sp³-hybridized carbons (Fsp3) is 0.462. The number of aromatic hydroxyl groups is 1. The molecule has 5 heteroatoms. The summed E-state index contributed by atoms with van der Waals surface area (Å²) in [7, 11) is 0. The van der Waals surface area contributed by atoms with Gasteiger partial charge in [0, 0.05) is 25.2 Å². The van der Waals surface area contributed by atoms with Crippen molar-refractivity contribution in [3.8, 4) is 5.75 Å². The minimum Gasteiger partial charge on any atom is -0.507 e. The van der Waals surface area contributed by atoms with Gasteiger partial charge in [-0.3, -0.25) is 4.79 Å². The average molecular weight is 252 g/mol. The van der Waals surface area contributed by atoms with Crippen molar-refractivity contribution in [2.45, 2.75) is 19.4 Å². The Morgan fingerprint density at radius 1 is 1.61 bits per heavy atom. The summed E-state index contributed by atoms with van der Waals surface area (Å²) in [6, 6.07) is 3.42. The number of phenolic OH excluding ortho intramolecular Hbond substituents is 1. The first-order valence-corrected chi connectivity index (χ1v) is 6.04. The van der Waals surface area contributed by atoms with E-state index in [1.165, 1.54) is 12.1 Å². The molecule has 1 aromatic rings. The van der Waals surface area contributed by atoms with Gasteiger partial charge in [-0.2, -0.15) is 0 Å². The van der Waals surface area contributed by atoms with E-state index in [9.17, 15) is 14.3 Å². The van der Waals surface area contributed by atoms with Gasteiger partial charge in [0.15, 0.2) is 0 Å². The van der Waals surface area contributed by atoms with E-state index in [-0.39, 0.29) is 23.3 Å². The van der Waals surface area contributed by atoms with Crippen molar-refractivity contribution >= 4 is 5.91 Å². The molecule has 1 heterocycles. The summed E-state index contributed by atoms with van der Waals surface area (Å²) in [6.45, 7) is 3.07. The molecule has 1 aromatic carbocycles. The molecule has 2 rings (SSSR count). The molecule has 2 unspecified atom stereocenters. The second kappa shape index (κ2) is 4.94. The standard InChI is InChI=1S/C13H17FN2O2/c1-8-4-5-16(11(8)7-15)13(18)10-3-2-9(14)6-12(10)17/h2-3,6,8,11,17H,4-5,7,15H2,1H3. The van der Waals surface area contributed by atoms with E-state index in [2.05, 4.69) is 6.92 Å². The Kier molecular flexibility index (Phi) is 3.52. The van der Waals surface area contributed by atoms with Crippen molar-refractivity contribution in [2.75, 3.05) is 13.1 Å². The number of nitrogens with zero attached hydrogens (tertiary/aromatic N) is 1. The lowest BCUT2D eigenvalue weighted by molar-refractivity contribution is 0.0724. The second-order valence-corrected chi connectivity index (χ2v) is 4.73. The number of benzene rings is 1. The summed E-state index contributed by atoms with van der Waals surface area (Å²) in [5, 5.41) is 9.63. The maximum atomic E-state index is 12.9. The zero-order valence-corrected chi connectivity index (χ0v) is 10.3. The van der Waals surface area contributed by atoms with Crippen molar-refractivity contribution in [2.24, 2.45) is 11.7 Å². The number of amides is 1. The van der Waals surface area contributed by atoms with Crippen LogP contribution in [0, 0.1) is 11.7 Å². The van der Waals surface area contributed by atoms with Gasteiger partial charge in [-0.25, -0.2) is 4.39 Å². The second-order valence-electron chi connectivity index (χ2n) is 4.73. The van der Waals surface area contributed by atoms with Gasteiger partial charge in [-0.1, -0.05) is 6.92 Å². The van der Waals surface area contributed by atoms with Crippen LogP contribution in [0.25, 0.3) is 0 Å². The average Bonchev–Trinajstić information content (AvgIpc) is 2.69. The van der Waals surface area contributed by atoms with Crippen LogP contribution in [0.4, 0.5) is 4.39 Å². The summed E-state index contributed by atoms with van der Waals surface area (Å²) in [5.41, 5.74) is 5.80. The van der Waals surface area contributed by atoms with Crippen LogP contribution in [0.2, 0.25) is 0 Å². The van der Waals surface area contributed by atoms with E-state index in [1.807, 2.05) is 0 Å². The number of rotatable bonds is 2. The highest BCUT2D eigenvalue weighted by Gasteiger charge is 2.34. The van der Waals surface area contributed by atoms with E-state index in [1.54, 1.807) is 4.90 Å². The van der Waals surface area contributed by atoms with Crippen LogP contribution < -0.4 is 5.73 Å². The third kappa shape index (κ3) is 2.18. The number of carbonyl (C=O) groups is 1. The van der Waals surface area contributed by atoms with Crippen LogP contribution in [0.5, 0.6) is 5.75 Å². The lowest BCUT2D eigenvalue weighted by Crippen LogP contribution is -2.42. The number of likely N-dealkylation sites (tertiary alicyclic amines) is 1. The van der Waals surface area contributed by atoms with Crippen LogP contribution in [0.1, 0.15) is 23.7 Å². The molecule has 0 bridgehead atoms. The molecule has 1 amide bonds. The van der Waals surface area contributed by atoms with Crippen molar-refractivity contribution in [3.63, 3.8) is 0 Å². The summed E-state index contributed by atoms with van der Waals surface area (Å²) >= 11 is 0. The fourth-order valence-electron chi connectivity index (χ4n) is 2.46. The molecule has 0 radical (unpaired) electrons. The maximum Gasteiger partial charge on any atom is 0.257 e. The lowest BCUT2D eigenvalue weighted by atomic mass is 10.0. The zero-order valence-electron chi connectivity index (χ0n) is 10.3. The molecule has 0 spiro atoms. The van der Waals surface area contributed by atoms with Gasteiger partial charge >= 0.3 is 0 Å². The Morgan fingerprint density at radius 2 is 2.33 bits per heavy atom. The molecule has 3 N–H and O–H groups in total. The first-order chi connectivity index (χ1) is 8.54. The molecule has 2 atom stereocenters. The van der Waals surface area contributed by atoms with Crippen molar-refractivity contribution < 1.29 is 14.3 Å². The quantitative estimate of drug-likeness (QED) is 0.834. The van der Waals surface area contributed by atoms with Crippen molar-refractivity contribution in [3.05, 3.63) is 29.6 Å². The first kappa shape index (κ1) is 12.8. The number of nitrogens with two attached hydrogens (primary N) is 1. The largest absolute Gasteiger partial charge is 0.507 e. The van der Waals surface area contributed by atoms with Crippen molar-refractivity contribution in [1.29, 1.82) is 0 Å². The Hall–Kier alpha value is -1.62. The smallest absolute Gasteiger partial charge is 0.257 e. The molecular weight excluding hydrogens is 235 g/mol. The third-order valence-electron chi connectivity index (χ3n) is 3.58. The van der Waals surface area contributed by atoms with Gasteiger partial charge in [0.25, 0.3) is 5.91 Å². The van der Waals surface area contributed by atoms with Crippen LogP contribution >= 0.6 is 0 Å². The van der Waals surface area contributed by atoms with Gasteiger partial charge < -0.3 is 15.7 Å². The molecular formula is C13H17FN2O2. The molecule has 1 saturated heterocycles. The monoisotopic (exact) mass is 252 g/mol. The van der Waals surface area contributed by atoms with Gasteiger partial charge in [0.2, 0.25) is 0 Å². The molecule has 1 aliphatic heterocycles.